The Morgan fingerprint density at radius 3 is 1.91 bits per heavy atom. The van der Waals surface area contributed by atoms with Crippen LogP contribution in [0.1, 0.15) is 5.56 Å². The Kier molecular flexibility index (Phi) is 13.4. The lowest BCUT2D eigenvalue weighted by Gasteiger charge is -2.13. The van der Waals surface area contributed by atoms with E-state index in [9.17, 15) is 45.6 Å². The number of anilines is 1. The second-order valence-corrected chi connectivity index (χ2v) is 8.30. The lowest BCUT2D eigenvalue weighted by atomic mass is 10.1. The van der Waals surface area contributed by atoms with Gasteiger partial charge in [0.15, 0.2) is 0 Å². The van der Waals surface area contributed by atoms with Crippen molar-refractivity contribution < 1.29 is 65.0 Å². The molecule has 44 heavy (non-hydrogen) atoms. The molecule has 1 aromatic heterocycles. The Morgan fingerprint density at radius 1 is 0.977 bits per heavy atom. The van der Waals surface area contributed by atoms with Crippen molar-refractivity contribution in [2.24, 2.45) is 5.73 Å². The van der Waals surface area contributed by atoms with E-state index in [1.807, 2.05) is 0 Å². The topological polar surface area (TPSA) is 195 Å². The molecule has 0 aliphatic rings. The van der Waals surface area contributed by atoms with Crippen LogP contribution in [0.25, 0.3) is 0 Å². The van der Waals surface area contributed by atoms with Gasteiger partial charge in [-0.1, -0.05) is 23.7 Å². The highest BCUT2D eigenvalue weighted by Crippen LogP contribution is 2.23. The average Bonchev–Trinajstić information content (AvgIpc) is 2.91. The van der Waals surface area contributed by atoms with E-state index in [0.717, 1.165) is 17.8 Å². The van der Waals surface area contributed by atoms with Crippen molar-refractivity contribution in [1.82, 2.24) is 4.98 Å². The van der Waals surface area contributed by atoms with Crippen LogP contribution in [0.5, 0.6) is 11.6 Å². The summed E-state index contributed by atoms with van der Waals surface area (Å²) < 4.78 is 82.2. The fraction of sp³-hybridized carbons (Fsp3) is 0.167. The molecule has 3 rings (SSSR count). The minimum Gasteiger partial charge on any atom is -0.475 e. The molecule has 1 amide bonds. The van der Waals surface area contributed by atoms with Crippen LogP contribution in [0.4, 0.5) is 42.1 Å². The van der Waals surface area contributed by atoms with E-state index in [2.05, 4.69) is 10.3 Å². The number of carbonyl (C=O) groups excluding carboxylic acids is 1. The Labute approximate surface area is 246 Å². The first-order valence-electron chi connectivity index (χ1n) is 11.2. The van der Waals surface area contributed by atoms with Gasteiger partial charge >= 0.3 is 24.3 Å². The summed E-state index contributed by atoms with van der Waals surface area (Å²) in [7, 11) is 0. The van der Waals surface area contributed by atoms with Crippen LogP contribution in [0, 0.1) is 15.9 Å². The van der Waals surface area contributed by atoms with Gasteiger partial charge in [0.1, 0.15) is 17.8 Å². The minimum absolute atomic E-state index is 0.0977. The molecule has 20 heteroatoms. The highest BCUT2D eigenvalue weighted by atomic mass is 35.5. The molecule has 238 valence electrons. The lowest BCUT2D eigenvalue weighted by Crippen LogP contribution is -2.37. The maximum absolute atomic E-state index is 13.2. The minimum atomic E-state index is -5.08. The number of rotatable bonds is 7. The monoisotopic (exact) mass is 658 g/mol. The Bertz CT molecular complexity index is 1430. The number of hydrogen-bond acceptors (Lipinski definition) is 8. The quantitative estimate of drug-likeness (QED) is 0.146. The van der Waals surface area contributed by atoms with Crippen LogP contribution in [0.3, 0.4) is 0 Å². The van der Waals surface area contributed by atoms with Crippen LogP contribution < -0.4 is 15.8 Å². The van der Waals surface area contributed by atoms with Crippen molar-refractivity contribution in [3.8, 4) is 11.6 Å². The molecular formula is C24H18ClF7N4O8. The molecule has 1 heterocycles. The number of aromatic nitrogens is 1. The van der Waals surface area contributed by atoms with Crippen molar-refractivity contribution >= 4 is 40.8 Å². The van der Waals surface area contributed by atoms with E-state index < -0.39 is 47.0 Å². The number of nitrogens with zero attached hydrogens (tertiary/aromatic N) is 2. The zero-order valence-corrected chi connectivity index (χ0v) is 22.2. The number of ether oxygens (including phenoxy) is 1. The van der Waals surface area contributed by atoms with Crippen LogP contribution in [-0.2, 0) is 20.8 Å². The molecule has 0 aliphatic carbocycles. The van der Waals surface area contributed by atoms with Crippen molar-refractivity contribution in [3.05, 3.63) is 87.3 Å². The maximum Gasteiger partial charge on any atom is 0.490 e. The molecule has 0 spiro atoms. The zero-order chi connectivity index (χ0) is 33.8. The molecule has 0 unspecified atom stereocenters. The first-order valence-corrected chi connectivity index (χ1v) is 11.6. The Hall–Kier alpha value is -5.04. The van der Waals surface area contributed by atoms with E-state index in [0.29, 0.717) is 11.4 Å². The number of nitro groups is 1. The number of hydrogen-bond donors (Lipinski definition) is 4. The van der Waals surface area contributed by atoms with E-state index >= 15 is 0 Å². The third-order valence-corrected chi connectivity index (χ3v) is 4.83. The number of aliphatic carboxylic acids is 2. The number of halogens is 8. The second kappa shape index (κ2) is 16.0. The van der Waals surface area contributed by atoms with Crippen molar-refractivity contribution in [1.29, 1.82) is 0 Å². The van der Waals surface area contributed by atoms with Gasteiger partial charge in [-0.25, -0.2) is 19.0 Å². The predicted molar refractivity (Wildman–Crippen MR) is 137 cm³/mol. The highest BCUT2D eigenvalue weighted by Gasteiger charge is 2.38. The van der Waals surface area contributed by atoms with Crippen LogP contribution in [-0.4, -0.2) is 56.4 Å². The molecule has 3 aromatic rings. The van der Waals surface area contributed by atoms with Gasteiger partial charge in [0.25, 0.3) is 5.69 Å². The normalized spacial score (nSPS) is 11.5. The Balaban J connectivity index is 0.000000574. The molecule has 5 N–H and O–H groups in total. The van der Waals surface area contributed by atoms with Gasteiger partial charge in [0, 0.05) is 17.8 Å². The fourth-order valence-electron chi connectivity index (χ4n) is 2.51. The molecule has 0 saturated carbocycles. The number of nitrogens with two attached hydrogens (primary N) is 1. The SMILES string of the molecule is N[C@@H](Cc1ccc(Oc2ccc([N+](=O)[O-])cn2)cc1)C(=O)Nc1ccc(F)c(Cl)c1.O=C(O)C(F)(F)F.O=C(O)C(F)(F)F. The van der Waals surface area contributed by atoms with Gasteiger partial charge in [0.2, 0.25) is 11.8 Å². The summed E-state index contributed by atoms with van der Waals surface area (Å²) in [4.78, 5) is 44.0. The maximum atomic E-state index is 13.2. The third kappa shape index (κ3) is 13.3. The van der Waals surface area contributed by atoms with E-state index in [1.54, 1.807) is 24.3 Å². The number of pyridine rings is 1. The van der Waals surface area contributed by atoms with Crippen LogP contribution >= 0.6 is 11.6 Å². The van der Waals surface area contributed by atoms with Crippen LogP contribution in [0.15, 0.2) is 60.8 Å². The van der Waals surface area contributed by atoms with Gasteiger partial charge in [-0.3, -0.25) is 14.9 Å². The summed E-state index contributed by atoms with van der Waals surface area (Å²) in [5.41, 5.74) is 6.96. The van der Waals surface area contributed by atoms with Crippen molar-refractivity contribution in [3.63, 3.8) is 0 Å². The van der Waals surface area contributed by atoms with Gasteiger partial charge in [0.05, 0.1) is 16.0 Å². The zero-order valence-electron chi connectivity index (χ0n) is 21.4. The number of carbonyl (C=O) groups is 3. The number of benzene rings is 2. The summed E-state index contributed by atoms with van der Waals surface area (Å²) >= 11 is 5.70. The summed E-state index contributed by atoms with van der Waals surface area (Å²) in [6.07, 6.45) is -8.80. The van der Waals surface area contributed by atoms with Gasteiger partial charge in [-0.05, 0) is 42.3 Å². The molecule has 0 bridgehead atoms. The molecule has 1 atom stereocenters. The standard InChI is InChI=1S/C20H16ClFN4O4.2C2HF3O2/c21-16-10-13(3-7-17(16)22)25-20(27)18(23)9-12-1-5-15(6-2-12)30-19-8-4-14(11-24-19)26(28)29;2*3-2(4,5)1(6)7/h1-8,10-11,18H,9,23H2,(H,25,27);2*(H,6,7)/t18-;;/m0../s1. The van der Waals surface area contributed by atoms with E-state index in [4.69, 9.17) is 41.9 Å². The molecule has 0 radical (unpaired) electrons. The van der Waals surface area contributed by atoms with E-state index in [-0.39, 0.29) is 23.0 Å². The molecule has 2 aromatic carbocycles. The van der Waals surface area contributed by atoms with E-state index in [1.165, 1.54) is 24.3 Å². The van der Waals surface area contributed by atoms with Crippen LogP contribution in [0.2, 0.25) is 5.02 Å². The van der Waals surface area contributed by atoms with Crippen molar-refractivity contribution in [2.75, 3.05) is 5.32 Å². The van der Waals surface area contributed by atoms with Gasteiger partial charge in [-0.15, -0.1) is 0 Å². The number of alkyl halides is 6. The molecule has 0 aliphatic heterocycles. The third-order valence-electron chi connectivity index (χ3n) is 4.54. The fourth-order valence-corrected chi connectivity index (χ4v) is 2.69. The number of carboxylic acids is 2. The summed E-state index contributed by atoms with van der Waals surface area (Å²) in [6, 6.07) is 12.5. The number of nitrogens with one attached hydrogen (secondary N) is 1. The smallest absolute Gasteiger partial charge is 0.475 e. The highest BCUT2D eigenvalue weighted by molar-refractivity contribution is 6.31. The Morgan fingerprint density at radius 2 is 1.50 bits per heavy atom. The summed E-state index contributed by atoms with van der Waals surface area (Å²) in [6.45, 7) is 0. The second-order valence-electron chi connectivity index (χ2n) is 7.89. The average molecular weight is 659 g/mol. The van der Waals surface area contributed by atoms with Gasteiger partial charge in [-0.2, -0.15) is 26.3 Å². The van der Waals surface area contributed by atoms with Gasteiger partial charge < -0.3 is 26.0 Å². The number of amides is 1. The summed E-state index contributed by atoms with van der Waals surface area (Å²) in [5.74, 6) is -5.85. The lowest BCUT2D eigenvalue weighted by molar-refractivity contribution is -0.385. The molecular weight excluding hydrogens is 641 g/mol. The number of carboxylic acid groups (broad SMARTS) is 2. The molecule has 12 nitrogen and oxygen atoms in total. The predicted octanol–water partition coefficient (Wildman–Crippen LogP) is 5.35. The first-order chi connectivity index (χ1) is 20.2. The first kappa shape index (κ1) is 37.0. The largest absolute Gasteiger partial charge is 0.490 e. The summed E-state index contributed by atoms with van der Waals surface area (Å²) in [5, 5.41) is 27.4. The molecule has 0 fully saturated rings. The van der Waals surface area contributed by atoms with Crippen molar-refractivity contribution in [2.45, 2.75) is 24.8 Å². The molecule has 0 saturated heterocycles.